The molecule has 4 aromatic rings. The second kappa shape index (κ2) is 10.7. The highest BCUT2D eigenvalue weighted by Crippen LogP contribution is 2.37. The molecule has 2 heterocycles. The minimum Gasteiger partial charge on any atom is -0.492 e. The maximum absolute atomic E-state index is 9.65. The van der Waals surface area contributed by atoms with Crippen molar-refractivity contribution in [3.8, 4) is 16.9 Å². The Morgan fingerprint density at radius 1 is 1.09 bits per heavy atom. The van der Waals surface area contributed by atoms with E-state index in [9.17, 15) is 5.11 Å². The molecule has 0 aliphatic carbocycles. The van der Waals surface area contributed by atoms with Crippen LogP contribution in [0, 0.1) is 0 Å². The van der Waals surface area contributed by atoms with E-state index in [0.717, 1.165) is 71.5 Å². The molecule has 1 aliphatic heterocycles. The average Bonchev–Trinajstić information content (AvgIpc) is 3.34. The van der Waals surface area contributed by atoms with E-state index in [1.165, 1.54) is 11.5 Å². The van der Waals surface area contributed by atoms with Gasteiger partial charge in [-0.25, -0.2) is 0 Å². The van der Waals surface area contributed by atoms with E-state index in [-0.39, 0.29) is 6.10 Å². The van der Waals surface area contributed by atoms with Crippen molar-refractivity contribution in [2.45, 2.75) is 25.4 Å². The Morgan fingerprint density at radius 2 is 1.91 bits per heavy atom. The summed E-state index contributed by atoms with van der Waals surface area (Å²) in [5.74, 6) is 0.709. The highest BCUT2D eigenvalue weighted by molar-refractivity contribution is 7.13. The van der Waals surface area contributed by atoms with E-state index in [1.54, 1.807) is 0 Å². The number of nitrogens with zero attached hydrogens (tertiary/aromatic N) is 2. The van der Waals surface area contributed by atoms with Gasteiger partial charge in [0, 0.05) is 42.0 Å². The molecule has 0 bridgehead atoms. The zero-order chi connectivity index (χ0) is 23.3. The molecule has 34 heavy (non-hydrogen) atoms. The van der Waals surface area contributed by atoms with Crippen LogP contribution in [-0.4, -0.2) is 46.7 Å². The number of aliphatic hydroxyl groups excluding tert-OH is 1. The molecule has 176 valence electrons. The molecule has 1 saturated heterocycles. The van der Waals surface area contributed by atoms with Crippen LogP contribution in [-0.2, 0) is 0 Å². The molecule has 7 heteroatoms. The first-order chi connectivity index (χ1) is 16.7. The van der Waals surface area contributed by atoms with E-state index in [0.29, 0.717) is 17.4 Å². The highest BCUT2D eigenvalue weighted by Gasteiger charge is 2.16. The van der Waals surface area contributed by atoms with Gasteiger partial charge < -0.3 is 20.1 Å². The average molecular weight is 494 g/mol. The number of anilines is 2. The minimum atomic E-state index is -0.135. The number of likely N-dealkylation sites (tertiary alicyclic amines) is 1. The molecule has 3 aromatic carbocycles. The van der Waals surface area contributed by atoms with Crippen LogP contribution in [0.3, 0.4) is 0 Å². The van der Waals surface area contributed by atoms with Crippen LogP contribution in [0.4, 0.5) is 11.4 Å². The molecule has 0 unspecified atom stereocenters. The topological polar surface area (TPSA) is 57.6 Å². The number of piperidine rings is 1. The normalized spacial score (nSPS) is 15.0. The van der Waals surface area contributed by atoms with Gasteiger partial charge in [0.15, 0.2) is 0 Å². The van der Waals surface area contributed by atoms with Crippen LogP contribution in [0.25, 0.3) is 21.2 Å². The van der Waals surface area contributed by atoms with Gasteiger partial charge in [0.1, 0.15) is 5.75 Å². The summed E-state index contributed by atoms with van der Waals surface area (Å²) in [6.07, 6.45) is 4.42. The molecule has 2 N–H and O–H groups in total. The van der Waals surface area contributed by atoms with Gasteiger partial charge >= 0.3 is 0 Å². The predicted octanol–water partition coefficient (Wildman–Crippen LogP) is 6.59. The Bertz CT molecular complexity index is 1250. The number of aliphatic hydroxyl groups is 1. The molecule has 0 spiro atoms. The van der Waals surface area contributed by atoms with Gasteiger partial charge in [0.25, 0.3) is 0 Å². The fraction of sp³-hybridized carbons (Fsp3) is 0.296. The van der Waals surface area contributed by atoms with Crippen molar-refractivity contribution in [3.05, 3.63) is 71.9 Å². The predicted molar refractivity (Wildman–Crippen MR) is 142 cm³/mol. The van der Waals surface area contributed by atoms with Gasteiger partial charge in [0.05, 0.1) is 28.6 Å². The van der Waals surface area contributed by atoms with Crippen molar-refractivity contribution in [1.82, 2.24) is 9.27 Å². The number of benzene rings is 3. The number of fused-ring (bicyclic) bond motifs is 1. The quantitative estimate of drug-likeness (QED) is 0.271. The van der Waals surface area contributed by atoms with Gasteiger partial charge in [-0.3, -0.25) is 0 Å². The third-order valence-electron chi connectivity index (χ3n) is 6.25. The number of ether oxygens (including phenoxy) is 1. The molecule has 5 nitrogen and oxygen atoms in total. The molecule has 1 fully saturated rings. The number of aromatic nitrogens is 1. The summed E-state index contributed by atoms with van der Waals surface area (Å²) in [4.78, 5) is 2.39. The summed E-state index contributed by atoms with van der Waals surface area (Å²) < 4.78 is 11.5. The number of halogens is 1. The Hall–Kier alpha value is -2.64. The molecular weight excluding hydrogens is 466 g/mol. The van der Waals surface area contributed by atoms with Gasteiger partial charge in [-0.05, 0) is 66.7 Å². The van der Waals surface area contributed by atoms with Crippen LogP contribution in [0.5, 0.6) is 5.75 Å². The van der Waals surface area contributed by atoms with Gasteiger partial charge in [-0.15, -0.1) is 0 Å². The summed E-state index contributed by atoms with van der Waals surface area (Å²) in [6, 6.07) is 20.4. The SMILES string of the molecule is OC1CCN(CCCOc2cccc(-c3cccc(Nc4cccc5sncc45)c3)c2Cl)CC1. The van der Waals surface area contributed by atoms with Gasteiger partial charge in [0.2, 0.25) is 0 Å². The lowest BCUT2D eigenvalue weighted by Crippen LogP contribution is -2.36. The summed E-state index contributed by atoms with van der Waals surface area (Å²) in [5, 5.41) is 14.9. The van der Waals surface area contributed by atoms with Crippen molar-refractivity contribution >= 4 is 44.6 Å². The maximum atomic E-state index is 9.65. The third kappa shape index (κ3) is 5.36. The number of nitrogens with one attached hydrogen (secondary N) is 1. The lowest BCUT2D eigenvalue weighted by molar-refractivity contribution is 0.0800. The van der Waals surface area contributed by atoms with E-state index in [2.05, 4.69) is 44.9 Å². The molecule has 0 atom stereocenters. The van der Waals surface area contributed by atoms with E-state index in [4.69, 9.17) is 16.3 Å². The smallest absolute Gasteiger partial charge is 0.138 e. The Balaban J connectivity index is 1.25. The minimum absolute atomic E-state index is 0.135. The molecule has 1 aromatic heterocycles. The highest BCUT2D eigenvalue weighted by atomic mass is 35.5. The van der Waals surface area contributed by atoms with Crippen LogP contribution < -0.4 is 10.1 Å². The van der Waals surface area contributed by atoms with Crippen molar-refractivity contribution in [2.24, 2.45) is 0 Å². The standard InChI is InChI=1S/C27H28ClN3O2S/c28-27-22(7-2-9-25(27)33-16-4-13-31-14-11-21(32)12-15-31)19-5-1-6-20(17-19)30-24-8-3-10-26-23(24)18-29-34-26/h1-3,5-10,17-18,21,30,32H,4,11-16H2. The van der Waals surface area contributed by atoms with E-state index in [1.807, 2.05) is 36.5 Å². The Morgan fingerprint density at radius 3 is 2.79 bits per heavy atom. The summed E-state index contributed by atoms with van der Waals surface area (Å²) >= 11 is 8.27. The number of hydrogen-bond donors (Lipinski definition) is 2. The first-order valence-electron chi connectivity index (χ1n) is 11.7. The second-order valence-electron chi connectivity index (χ2n) is 8.64. The monoisotopic (exact) mass is 493 g/mol. The summed E-state index contributed by atoms with van der Waals surface area (Å²) in [6.45, 7) is 3.51. The first kappa shape index (κ1) is 23.1. The maximum Gasteiger partial charge on any atom is 0.138 e. The van der Waals surface area contributed by atoms with Crippen molar-refractivity contribution in [1.29, 1.82) is 0 Å². The molecule has 1 aliphatic rings. The van der Waals surface area contributed by atoms with Crippen molar-refractivity contribution in [3.63, 3.8) is 0 Å². The fourth-order valence-corrected chi connectivity index (χ4v) is 5.34. The van der Waals surface area contributed by atoms with Crippen LogP contribution in [0.2, 0.25) is 5.02 Å². The molecule has 0 saturated carbocycles. The molecule has 0 radical (unpaired) electrons. The largest absolute Gasteiger partial charge is 0.492 e. The van der Waals surface area contributed by atoms with Crippen molar-refractivity contribution in [2.75, 3.05) is 31.6 Å². The summed E-state index contributed by atoms with van der Waals surface area (Å²) in [7, 11) is 0. The van der Waals surface area contributed by atoms with Crippen LogP contribution in [0.15, 0.2) is 66.9 Å². The van der Waals surface area contributed by atoms with E-state index >= 15 is 0 Å². The van der Waals surface area contributed by atoms with Gasteiger partial charge in [-0.1, -0.05) is 41.9 Å². The Labute approximate surface area is 209 Å². The lowest BCUT2D eigenvalue weighted by Gasteiger charge is -2.29. The third-order valence-corrected chi connectivity index (χ3v) is 7.40. The lowest BCUT2D eigenvalue weighted by atomic mass is 10.0. The summed E-state index contributed by atoms with van der Waals surface area (Å²) in [5.41, 5.74) is 4.01. The second-order valence-corrected chi connectivity index (χ2v) is 9.85. The van der Waals surface area contributed by atoms with Crippen LogP contribution >= 0.6 is 23.1 Å². The molecule has 5 rings (SSSR count). The zero-order valence-electron chi connectivity index (χ0n) is 18.9. The molecule has 0 amide bonds. The number of hydrogen-bond acceptors (Lipinski definition) is 6. The fourth-order valence-electron chi connectivity index (χ4n) is 4.38. The zero-order valence-corrected chi connectivity index (χ0v) is 20.5. The first-order valence-corrected chi connectivity index (χ1v) is 12.8. The van der Waals surface area contributed by atoms with Crippen molar-refractivity contribution < 1.29 is 9.84 Å². The molecular formula is C27H28ClN3O2S. The van der Waals surface area contributed by atoms with E-state index < -0.39 is 0 Å². The number of rotatable bonds is 8. The van der Waals surface area contributed by atoms with Crippen LogP contribution in [0.1, 0.15) is 19.3 Å². The van der Waals surface area contributed by atoms with Gasteiger partial charge in [-0.2, -0.15) is 4.37 Å². The Kier molecular flexibility index (Phi) is 7.30.